The van der Waals surface area contributed by atoms with Crippen LogP contribution in [0.4, 0.5) is 0 Å². The highest BCUT2D eigenvalue weighted by Gasteiger charge is 2.67. The minimum absolute atomic E-state index is 0.256. The molecule has 0 radical (unpaired) electrons. The maximum atomic E-state index is 11.8. The van der Waals surface area contributed by atoms with Crippen molar-refractivity contribution in [3.8, 4) is 24.3 Å². The van der Waals surface area contributed by atoms with Gasteiger partial charge in [0.1, 0.15) is 5.78 Å². The van der Waals surface area contributed by atoms with Crippen LogP contribution >= 0.6 is 0 Å². The zero-order valence-corrected chi connectivity index (χ0v) is 11.4. The number of hydrogen-bond donors (Lipinski definition) is 0. The lowest BCUT2D eigenvalue weighted by Gasteiger charge is -2.45. The van der Waals surface area contributed by atoms with Gasteiger partial charge in [-0.1, -0.05) is 0 Å². The first-order chi connectivity index (χ1) is 9.49. The average molecular weight is 270 g/mol. The van der Waals surface area contributed by atoms with Crippen molar-refractivity contribution < 1.29 is 9.53 Å². The topological polar surface area (TPSA) is 121 Å². The molecular formula is C14H14N4O2. The predicted octanol–water partition coefficient (Wildman–Crippen LogP) is 1.46. The molecule has 6 nitrogen and oxygen atoms in total. The molecule has 0 spiro atoms. The van der Waals surface area contributed by atoms with Gasteiger partial charge in [-0.15, -0.1) is 0 Å². The van der Waals surface area contributed by atoms with E-state index in [1.807, 2.05) is 0 Å². The number of nitrogens with zero attached hydrogens (tertiary/aromatic N) is 4. The van der Waals surface area contributed by atoms with Crippen LogP contribution in [0.25, 0.3) is 0 Å². The Balaban J connectivity index is 3.59. The van der Waals surface area contributed by atoms with Crippen LogP contribution in [0.3, 0.4) is 0 Å². The lowest BCUT2D eigenvalue weighted by atomic mass is 9.51. The van der Waals surface area contributed by atoms with Gasteiger partial charge in [0.25, 0.3) is 0 Å². The van der Waals surface area contributed by atoms with Crippen LogP contribution in [0.2, 0.25) is 0 Å². The first-order valence-electron chi connectivity index (χ1n) is 6.26. The molecule has 2 atom stereocenters. The molecule has 0 aromatic rings. The van der Waals surface area contributed by atoms with Gasteiger partial charge in [-0.3, -0.25) is 4.79 Å². The summed E-state index contributed by atoms with van der Waals surface area (Å²) in [5, 5.41) is 37.9. The van der Waals surface area contributed by atoms with Gasteiger partial charge < -0.3 is 4.74 Å². The van der Waals surface area contributed by atoms with Crippen molar-refractivity contribution >= 4 is 5.78 Å². The van der Waals surface area contributed by atoms with E-state index < -0.39 is 22.9 Å². The first kappa shape index (κ1) is 15.6. The third-order valence-electron chi connectivity index (χ3n) is 3.91. The summed E-state index contributed by atoms with van der Waals surface area (Å²) in [7, 11) is 0. The van der Waals surface area contributed by atoms with Crippen molar-refractivity contribution in [2.24, 2.45) is 16.7 Å². The average Bonchev–Trinajstić information content (AvgIpc) is 2.46. The summed E-state index contributed by atoms with van der Waals surface area (Å²) in [5.41, 5.74) is -3.96. The van der Waals surface area contributed by atoms with Crippen molar-refractivity contribution in [3.63, 3.8) is 0 Å². The molecule has 0 unspecified atom stereocenters. The molecule has 20 heavy (non-hydrogen) atoms. The summed E-state index contributed by atoms with van der Waals surface area (Å²) in [6, 6.07) is 7.14. The van der Waals surface area contributed by atoms with Gasteiger partial charge in [-0.25, -0.2) is 0 Å². The van der Waals surface area contributed by atoms with Gasteiger partial charge in [0.2, 0.25) is 5.41 Å². The van der Waals surface area contributed by atoms with Crippen LogP contribution in [0.15, 0.2) is 0 Å². The van der Waals surface area contributed by atoms with E-state index in [0.29, 0.717) is 6.42 Å². The molecule has 1 rings (SSSR count). The Bertz CT molecular complexity index is 542. The van der Waals surface area contributed by atoms with Crippen LogP contribution in [0.1, 0.15) is 26.7 Å². The second-order valence-electron chi connectivity index (χ2n) is 4.75. The Morgan fingerprint density at radius 3 is 1.95 bits per heavy atom. The van der Waals surface area contributed by atoms with Gasteiger partial charge in [0.05, 0.1) is 36.3 Å². The van der Waals surface area contributed by atoms with Gasteiger partial charge in [0, 0.05) is 6.61 Å². The molecular weight excluding hydrogens is 256 g/mol. The zero-order valence-electron chi connectivity index (χ0n) is 11.4. The van der Waals surface area contributed by atoms with Crippen LogP contribution in [0, 0.1) is 62.1 Å². The maximum absolute atomic E-state index is 11.8. The summed E-state index contributed by atoms with van der Waals surface area (Å²) >= 11 is 0. The Kier molecular flexibility index (Phi) is 4.46. The minimum Gasteiger partial charge on any atom is -0.376 e. The molecule has 0 aliphatic heterocycles. The first-order valence-corrected chi connectivity index (χ1v) is 6.26. The molecule has 0 aromatic carbocycles. The molecule has 1 aliphatic rings. The van der Waals surface area contributed by atoms with E-state index in [-0.39, 0.29) is 18.8 Å². The highest BCUT2D eigenvalue weighted by molar-refractivity contribution is 5.81. The molecule has 0 amide bonds. The number of carbonyl (C=O) groups is 1. The van der Waals surface area contributed by atoms with Gasteiger partial charge in [-0.2, -0.15) is 21.0 Å². The van der Waals surface area contributed by atoms with E-state index in [1.165, 1.54) is 6.92 Å². The van der Waals surface area contributed by atoms with Crippen molar-refractivity contribution in [2.45, 2.75) is 32.8 Å². The number of rotatable bonds is 3. The summed E-state index contributed by atoms with van der Waals surface area (Å²) in [4.78, 5) is 11.8. The Hall–Kier alpha value is -2.41. The standard InChI is InChI=1S/C14H14N4O2/c1-3-20-12-5-4-11(10(2)19)13(6-15,7-16)14(12,8-17)9-18/h11-12H,3-5H2,1-2H3/t11-,12-/m1/s1. The second kappa shape index (κ2) is 5.70. The monoisotopic (exact) mass is 270 g/mol. The molecule has 1 aliphatic carbocycles. The highest BCUT2D eigenvalue weighted by Crippen LogP contribution is 2.54. The molecule has 0 heterocycles. The molecule has 0 saturated heterocycles. The third kappa shape index (κ3) is 1.83. The van der Waals surface area contributed by atoms with E-state index in [4.69, 9.17) is 4.74 Å². The van der Waals surface area contributed by atoms with Crippen molar-refractivity contribution in [2.75, 3.05) is 6.61 Å². The maximum Gasteiger partial charge on any atom is 0.201 e. The second-order valence-corrected chi connectivity index (χ2v) is 4.75. The lowest BCUT2D eigenvalue weighted by molar-refractivity contribution is -0.131. The molecule has 1 saturated carbocycles. The van der Waals surface area contributed by atoms with Gasteiger partial charge in [0.15, 0.2) is 5.41 Å². The van der Waals surface area contributed by atoms with Crippen molar-refractivity contribution in [1.82, 2.24) is 0 Å². The number of carbonyl (C=O) groups excluding carboxylic acids is 1. The van der Waals surface area contributed by atoms with E-state index in [2.05, 4.69) is 0 Å². The molecule has 0 N–H and O–H groups in total. The highest BCUT2D eigenvalue weighted by atomic mass is 16.5. The van der Waals surface area contributed by atoms with E-state index in [0.717, 1.165) is 0 Å². The van der Waals surface area contributed by atoms with E-state index in [1.54, 1.807) is 31.2 Å². The van der Waals surface area contributed by atoms with Gasteiger partial charge >= 0.3 is 0 Å². The Labute approximate surface area is 117 Å². The predicted molar refractivity (Wildman–Crippen MR) is 66.1 cm³/mol. The van der Waals surface area contributed by atoms with Crippen LogP contribution < -0.4 is 0 Å². The largest absolute Gasteiger partial charge is 0.376 e. The molecule has 1 fully saturated rings. The van der Waals surface area contributed by atoms with Crippen LogP contribution in [-0.2, 0) is 9.53 Å². The number of ether oxygens (including phenoxy) is 1. The summed E-state index contributed by atoms with van der Waals surface area (Å²) in [5.74, 6) is -1.31. The number of hydrogen-bond acceptors (Lipinski definition) is 6. The lowest BCUT2D eigenvalue weighted by Crippen LogP contribution is -2.57. The Morgan fingerprint density at radius 2 is 1.60 bits per heavy atom. The number of Topliss-reactive ketones (excluding diaryl/α,β-unsaturated/α-hetero) is 1. The number of ketones is 1. The van der Waals surface area contributed by atoms with Gasteiger partial charge in [-0.05, 0) is 26.7 Å². The fraction of sp³-hybridized carbons (Fsp3) is 0.643. The number of nitriles is 4. The summed E-state index contributed by atoms with van der Waals surface area (Å²) in [6.07, 6.45) is -0.297. The van der Waals surface area contributed by atoms with Crippen molar-refractivity contribution in [1.29, 1.82) is 21.0 Å². The quantitative estimate of drug-likeness (QED) is 0.765. The third-order valence-corrected chi connectivity index (χ3v) is 3.91. The molecule has 6 heteroatoms. The molecule has 102 valence electrons. The van der Waals surface area contributed by atoms with Crippen LogP contribution in [0.5, 0.6) is 0 Å². The minimum atomic E-state index is -2.00. The Morgan fingerprint density at radius 1 is 1.10 bits per heavy atom. The SMILES string of the molecule is CCO[C@@H]1CC[C@H](C(C)=O)C(C#N)(C#N)C1(C#N)C#N. The molecule has 0 bridgehead atoms. The van der Waals surface area contributed by atoms with E-state index in [9.17, 15) is 25.8 Å². The van der Waals surface area contributed by atoms with Crippen molar-refractivity contribution in [3.05, 3.63) is 0 Å². The van der Waals surface area contributed by atoms with Crippen LogP contribution in [-0.4, -0.2) is 18.5 Å². The smallest absolute Gasteiger partial charge is 0.201 e. The fourth-order valence-corrected chi connectivity index (χ4v) is 2.90. The zero-order chi connectivity index (χ0) is 15.4. The normalized spacial score (nSPS) is 26.3. The summed E-state index contributed by atoms with van der Waals surface area (Å²) < 4.78 is 5.41. The van der Waals surface area contributed by atoms with E-state index >= 15 is 0 Å². The summed E-state index contributed by atoms with van der Waals surface area (Å²) in [6.45, 7) is 3.24. The molecule has 0 aromatic heterocycles. The fourth-order valence-electron chi connectivity index (χ4n) is 2.90.